The van der Waals surface area contributed by atoms with Crippen LogP contribution in [0.25, 0.3) is 0 Å². The maximum atomic E-state index is 3.68. The van der Waals surface area contributed by atoms with Gasteiger partial charge in [-0.1, -0.05) is 19.9 Å². The molecule has 0 aliphatic carbocycles. The maximum absolute atomic E-state index is 3.68. The van der Waals surface area contributed by atoms with Crippen molar-refractivity contribution in [1.29, 1.82) is 0 Å². The van der Waals surface area contributed by atoms with Gasteiger partial charge in [-0.15, -0.1) is 6.58 Å². The van der Waals surface area contributed by atoms with Crippen molar-refractivity contribution in [2.24, 2.45) is 5.92 Å². The Morgan fingerprint density at radius 3 is 2.60 bits per heavy atom. The van der Waals surface area contributed by atoms with E-state index < -0.39 is 0 Å². The van der Waals surface area contributed by atoms with Crippen molar-refractivity contribution in [3.8, 4) is 0 Å². The van der Waals surface area contributed by atoms with Crippen LogP contribution in [0.4, 0.5) is 0 Å². The van der Waals surface area contributed by atoms with Crippen LogP contribution in [-0.4, -0.2) is 0 Å². The monoisotopic (exact) mass is 136 g/mol. The molecule has 0 spiro atoms. The lowest BCUT2D eigenvalue weighted by Crippen LogP contribution is -1.94. The summed E-state index contributed by atoms with van der Waals surface area (Å²) in [4.78, 5) is 0. The number of hydrogen-bond donors (Lipinski definition) is 0. The molecule has 0 N–H and O–H groups in total. The summed E-state index contributed by atoms with van der Waals surface area (Å²) < 4.78 is 0. The lowest BCUT2D eigenvalue weighted by Gasteiger charge is -2.05. The van der Waals surface area contributed by atoms with Gasteiger partial charge in [0, 0.05) is 0 Å². The number of unbranched alkanes of at least 4 members (excludes halogenated alkanes) is 2. The largest absolute Gasteiger partial charge is 0.103 e. The molecule has 0 fully saturated rings. The average molecular weight is 136 g/mol. The standard InChI is InChI=1S/C10H16/c1-4-6-7-9-10(3)8-5-2/h4-7,9-10H,2,8H2,1,3H3/t10-/m1/s1. The molecule has 4 radical (unpaired) electrons. The van der Waals surface area contributed by atoms with E-state index in [1.54, 1.807) is 0 Å². The molecule has 0 saturated heterocycles. The normalized spacial score (nSPS) is 13.0. The van der Waals surface area contributed by atoms with E-state index >= 15 is 0 Å². The molecule has 0 bridgehead atoms. The van der Waals surface area contributed by atoms with Gasteiger partial charge in [0.15, 0.2) is 0 Å². The van der Waals surface area contributed by atoms with Crippen LogP contribution in [0, 0.1) is 31.6 Å². The number of hydrogen-bond acceptors (Lipinski definition) is 0. The van der Waals surface area contributed by atoms with Gasteiger partial charge in [0.2, 0.25) is 0 Å². The summed E-state index contributed by atoms with van der Waals surface area (Å²) in [5.74, 6) is 0.619. The third-order valence-corrected chi connectivity index (χ3v) is 1.28. The zero-order valence-corrected chi connectivity index (χ0v) is 6.88. The van der Waals surface area contributed by atoms with E-state index in [1.807, 2.05) is 25.8 Å². The highest BCUT2D eigenvalue weighted by Gasteiger charge is 1.98. The highest BCUT2D eigenvalue weighted by Crippen LogP contribution is 2.09. The van der Waals surface area contributed by atoms with Crippen LogP contribution in [0.3, 0.4) is 0 Å². The molecule has 0 heteroatoms. The van der Waals surface area contributed by atoms with Crippen LogP contribution in [0.2, 0.25) is 0 Å². The molecular formula is C10H16. The van der Waals surface area contributed by atoms with Gasteiger partial charge in [0.05, 0.1) is 0 Å². The Hall–Kier alpha value is -0.260. The van der Waals surface area contributed by atoms with Crippen molar-refractivity contribution >= 4 is 0 Å². The summed E-state index contributed by atoms with van der Waals surface area (Å²) in [6, 6.07) is 0. The molecule has 10 heavy (non-hydrogen) atoms. The van der Waals surface area contributed by atoms with Crippen LogP contribution < -0.4 is 0 Å². The topological polar surface area (TPSA) is 0 Å². The molecule has 0 aromatic carbocycles. The molecular weight excluding hydrogens is 120 g/mol. The molecule has 0 rings (SSSR count). The van der Waals surface area contributed by atoms with E-state index in [2.05, 4.69) is 26.3 Å². The highest BCUT2D eigenvalue weighted by molar-refractivity contribution is 5.04. The predicted octanol–water partition coefficient (Wildman–Crippen LogP) is 3.04. The Balaban J connectivity index is 3.04. The minimum atomic E-state index is 0.619. The molecule has 0 aliphatic heterocycles. The van der Waals surface area contributed by atoms with Gasteiger partial charge in [0.25, 0.3) is 0 Å². The van der Waals surface area contributed by atoms with Gasteiger partial charge in [-0.25, -0.2) is 0 Å². The van der Waals surface area contributed by atoms with E-state index in [-0.39, 0.29) is 0 Å². The Kier molecular flexibility index (Phi) is 6.68. The number of allylic oxidation sites excluding steroid dienone is 1. The van der Waals surface area contributed by atoms with Gasteiger partial charge in [-0.05, 0) is 38.0 Å². The summed E-state index contributed by atoms with van der Waals surface area (Å²) in [6.45, 7) is 7.88. The molecule has 0 saturated carbocycles. The van der Waals surface area contributed by atoms with E-state index in [0.29, 0.717) is 5.92 Å². The molecule has 0 aromatic heterocycles. The van der Waals surface area contributed by atoms with Crippen LogP contribution >= 0.6 is 0 Å². The zero-order valence-electron chi connectivity index (χ0n) is 6.88. The second kappa shape index (κ2) is 6.85. The lowest BCUT2D eigenvalue weighted by atomic mass is 10.0. The Morgan fingerprint density at radius 1 is 1.40 bits per heavy atom. The molecule has 0 aromatic rings. The van der Waals surface area contributed by atoms with Crippen LogP contribution in [-0.2, 0) is 0 Å². The highest BCUT2D eigenvalue weighted by atomic mass is 14.0. The Labute approximate surface area is 65.3 Å². The minimum absolute atomic E-state index is 0.619. The first-order valence-electron chi connectivity index (χ1n) is 3.71. The maximum Gasteiger partial charge on any atom is -0.0312 e. The van der Waals surface area contributed by atoms with Crippen molar-refractivity contribution in [3.05, 3.63) is 38.3 Å². The van der Waals surface area contributed by atoms with Gasteiger partial charge < -0.3 is 0 Å². The van der Waals surface area contributed by atoms with Gasteiger partial charge >= 0.3 is 0 Å². The van der Waals surface area contributed by atoms with E-state index in [9.17, 15) is 0 Å². The van der Waals surface area contributed by atoms with Crippen molar-refractivity contribution in [3.63, 3.8) is 0 Å². The average Bonchev–Trinajstić information content (AvgIpc) is 1.89. The summed E-state index contributed by atoms with van der Waals surface area (Å²) in [5, 5.41) is 0. The third kappa shape index (κ3) is 5.87. The van der Waals surface area contributed by atoms with Crippen molar-refractivity contribution in [2.45, 2.75) is 20.3 Å². The first-order chi connectivity index (χ1) is 4.81. The van der Waals surface area contributed by atoms with Crippen LogP contribution in [0.1, 0.15) is 20.3 Å². The quantitative estimate of drug-likeness (QED) is 0.389. The van der Waals surface area contributed by atoms with E-state index in [4.69, 9.17) is 0 Å². The molecule has 1 atom stereocenters. The molecule has 56 valence electrons. The number of rotatable bonds is 6. The molecule has 0 nitrogen and oxygen atoms in total. The van der Waals surface area contributed by atoms with Crippen molar-refractivity contribution in [2.75, 3.05) is 0 Å². The first-order valence-corrected chi connectivity index (χ1v) is 3.71. The molecule has 0 aliphatic rings. The summed E-state index contributed by atoms with van der Waals surface area (Å²) in [7, 11) is 0. The van der Waals surface area contributed by atoms with Crippen LogP contribution in [0.5, 0.6) is 0 Å². The summed E-state index contributed by atoms with van der Waals surface area (Å²) >= 11 is 0. The zero-order chi connectivity index (χ0) is 7.82. The molecule has 0 unspecified atom stereocenters. The van der Waals surface area contributed by atoms with Gasteiger partial charge in [-0.3, -0.25) is 0 Å². The Bertz CT molecular complexity index is 74.1. The minimum Gasteiger partial charge on any atom is -0.103 e. The molecule has 0 amide bonds. The first kappa shape index (κ1) is 9.74. The smallest absolute Gasteiger partial charge is 0.0312 e. The summed E-state index contributed by atoms with van der Waals surface area (Å²) in [5.41, 5.74) is 0. The predicted molar refractivity (Wildman–Crippen MR) is 46.9 cm³/mol. The van der Waals surface area contributed by atoms with Crippen molar-refractivity contribution in [1.82, 2.24) is 0 Å². The fourth-order valence-electron chi connectivity index (χ4n) is 0.706. The lowest BCUT2D eigenvalue weighted by molar-refractivity contribution is 0.696. The van der Waals surface area contributed by atoms with Crippen LogP contribution in [0.15, 0.2) is 12.7 Å². The van der Waals surface area contributed by atoms with E-state index in [0.717, 1.165) is 6.42 Å². The second-order valence-electron chi connectivity index (χ2n) is 2.41. The SMILES string of the molecule is C=CC[C@@H](C)[CH][CH][CH][CH]C. The summed E-state index contributed by atoms with van der Waals surface area (Å²) in [6.07, 6.45) is 11.3. The second-order valence-corrected chi connectivity index (χ2v) is 2.41. The van der Waals surface area contributed by atoms with Crippen molar-refractivity contribution < 1.29 is 0 Å². The van der Waals surface area contributed by atoms with Gasteiger partial charge in [0.1, 0.15) is 0 Å². The third-order valence-electron chi connectivity index (χ3n) is 1.28. The fourth-order valence-corrected chi connectivity index (χ4v) is 0.706. The molecule has 0 heterocycles. The van der Waals surface area contributed by atoms with E-state index in [1.165, 1.54) is 0 Å². The van der Waals surface area contributed by atoms with Gasteiger partial charge in [-0.2, -0.15) is 0 Å². The fraction of sp³-hybridized carbons (Fsp3) is 0.400. The Morgan fingerprint density at radius 2 is 2.10 bits per heavy atom.